The van der Waals surface area contributed by atoms with E-state index >= 15 is 0 Å². The van der Waals surface area contributed by atoms with E-state index in [1.54, 1.807) is 11.1 Å². The van der Waals surface area contributed by atoms with Gasteiger partial charge in [0.05, 0.1) is 6.10 Å². The highest BCUT2D eigenvalue weighted by Crippen LogP contribution is 2.42. The van der Waals surface area contributed by atoms with E-state index in [2.05, 4.69) is 33.8 Å². The van der Waals surface area contributed by atoms with Crippen LogP contribution in [0.25, 0.3) is 0 Å². The summed E-state index contributed by atoms with van der Waals surface area (Å²) in [5, 5.41) is 20.1. The lowest BCUT2D eigenvalue weighted by Crippen LogP contribution is -2.32. The van der Waals surface area contributed by atoms with Crippen molar-refractivity contribution < 1.29 is 24.5 Å². The van der Waals surface area contributed by atoms with E-state index in [0.29, 0.717) is 17.4 Å². The van der Waals surface area contributed by atoms with Gasteiger partial charge in [-0.15, -0.1) is 0 Å². The van der Waals surface area contributed by atoms with Crippen LogP contribution in [-0.2, 0) is 14.3 Å². The standard InChI is InChI=1S/C25H36O5/c1-16(10-12-20-17(2)8-6-14-25(20,3)4)7-5-9-18-11-13-21(29-23(18)27)19-15-22(26)30-24(19)28/h7,11,15,21,23-24,27-28H,5-6,8-10,12-14H2,1-4H3/t21-,23+,24-/m1/s1. The van der Waals surface area contributed by atoms with Crippen molar-refractivity contribution in [1.29, 1.82) is 0 Å². The SMILES string of the molecule is CC(=CCCC1=CC[C@H](C2=CC(=O)O[C@H]2O)O[C@@H]1O)CCC1=C(C)CCCC1(C)C. The number of carbonyl (C=O) groups excluding carboxylic acids is 1. The van der Waals surface area contributed by atoms with E-state index in [1.165, 1.54) is 30.9 Å². The largest absolute Gasteiger partial charge is 0.429 e. The Hall–Kier alpha value is -1.69. The number of allylic oxidation sites excluding steroid dienone is 4. The molecule has 0 bridgehead atoms. The van der Waals surface area contributed by atoms with Crippen LogP contribution in [0.4, 0.5) is 0 Å². The van der Waals surface area contributed by atoms with E-state index in [9.17, 15) is 15.0 Å². The fraction of sp³-hybridized carbons (Fsp3) is 0.640. The van der Waals surface area contributed by atoms with Gasteiger partial charge in [-0.3, -0.25) is 0 Å². The van der Waals surface area contributed by atoms with Crippen molar-refractivity contribution in [3.05, 3.63) is 46.1 Å². The molecular weight excluding hydrogens is 380 g/mol. The number of rotatable bonds is 7. The molecule has 0 spiro atoms. The smallest absolute Gasteiger partial charge is 0.333 e. The van der Waals surface area contributed by atoms with Gasteiger partial charge < -0.3 is 19.7 Å². The Bertz CT molecular complexity index is 783. The van der Waals surface area contributed by atoms with Gasteiger partial charge >= 0.3 is 5.97 Å². The van der Waals surface area contributed by atoms with Crippen molar-refractivity contribution in [3.63, 3.8) is 0 Å². The molecule has 0 aromatic rings. The van der Waals surface area contributed by atoms with E-state index in [4.69, 9.17) is 9.47 Å². The molecule has 0 aromatic carbocycles. The molecule has 0 unspecified atom stereocenters. The Kier molecular flexibility index (Phi) is 7.38. The van der Waals surface area contributed by atoms with Crippen molar-refractivity contribution in [3.8, 4) is 0 Å². The number of esters is 1. The molecule has 3 aliphatic rings. The van der Waals surface area contributed by atoms with Gasteiger partial charge in [-0.05, 0) is 76.2 Å². The van der Waals surface area contributed by atoms with Crippen molar-refractivity contribution in [2.45, 2.75) is 97.7 Å². The van der Waals surface area contributed by atoms with Crippen LogP contribution in [0.15, 0.2) is 46.1 Å². The van der Waals surface area contributed by atoms with Gasteiger partial charge in [0, 0.05) is 11.6 Å². The van der Waals surface area contributed by atoms with E-state index in [1.807, 2.05) is 6.08 Å². The maximum Gasteiger partial charge on any atom is 0.333 e. The molecule has 5 nitrogen and oxygen atoms in total. The number of carbonyl (C=O) groups is 1. The number of hydrogen-bond donors (Lipinski definition) is 2. The highest BCUT2D eigenvalue weighted by atomic mass is 16.6. The van der Waals surface area contributed by atoms with E-state index < -0.39 is 24.7 Å². The summed E-state index contributed by atoms with van der Waals surface area (Å²) >= 11 is 0. The Labute approximate surface area is 180 Å². The predicted molar refractivity (Wildman–Crippen MR) is 116 cm³/mol. The maximum atomic E-state index is 11.3. The second-order valence-electron chi connectivity index (χ2n) is 9.51. The Morgan fingerprint density at radius 1 is 1.27 bits per heavy atom. The fourth-order valence-electron chi connectivity index (χ4n) is 4.91. The normalized spacial score (nSPS) is 29.6. The van der Waals surface area contributed by atoms with Gasteiger partial charge in [0.15, 0.2) is 6.29 Å². The lowest BCUT2D eigenvalue weighted by molar-refractivity contribution is -0.155. The first-order valence-electron chi connectivity index (χ1n) is 11.1. The minimum atomic E-state index is -1.27. The predicted octanol–water partition coefficient (Wildman–Crippen LogP) is 4.86. The minimum Gasteiger partial charge on any atom is -0.429 e. The lowest BCUT2D eigenvalue weighted by Gasteiger charge is -2.35. The summed E-state index contributed by atoms with van der Waals surface area (Å²) in [4.78, 5) is 11.3. The molecule has 0 radical (unpaired) electrons. The molecule has 0 fully saturated rings. The monoisotopic (exact) mass is 416 g/mol. The Morgan fingerprint density at radius 3 is 2.67 bits per heavy atom. The van der Waals surface area contributed by atoms with Gasteiger partial charge in [0.1, 0.15) is 0 Å². The molecule has 2 aliphatic heterocycles. The summed E-state index contributed by atoms with van der Waals surface area (Å²) in [7, 11) is 0. The highest BCUT2D eigenvalue weighted by Gasteiger charge is 2.34. The molecule has 5 heteroatoms. The Balaban J connectivity index is 1.49. The van der Waals surface area contributed by atoms with Gasteiger partial charge in [0.25, 0.3) is 0 Å². The zero-order valence-electron chi connectivity index (χ0n) is 18.7. The van der Waals surface area contributed by atoms with Crippen molar-refractivity contribution in [2.24, 2.45) is 5.41 Å². The zero-order chi connectivity index (χ0) is 21.9. The molecule has 3 rings (SSSR count). The van der Waals surface area contributed by atoms with Gasteiger partial charge in [0.2, 0.25) is 6.29 Å². The van der Waals surface area contributed by atoms with Crippen molar-refractivity contribution in [2.75, 3.05) is 0 Å². The average molecular weight is 417 g/mol. The molecule has 2 N–H and O–H groups in total. The van der Waals surface area contributed by atoms with Gasteiger partial charge in [-0.1, -0.05) is 42.7 Å². The first-order valence-corrected chi connectivity index (χ1v) is 11.1. The van der Waals surface area contributed by atoms with E-state index in [0.717, 1.165) is 31.3 Å². The maximum absolute atomic E-state index is 11.3. The average Bonchev–Trinajstić information content (AvgIpc) is 3.00. The van der Waals surface area contributed by atoms with Crippen LogP contribution >= 0.6 is 0 Å². The van der Waals surface area contributed by atoms with Crippen LogP contribution in [0.5, 0.6) is 0 Å². The second kappa shape index (κ2) is 9.63. The molecule has 0 aromatic heterocycles. The molecular formula is C25H36O5. The Morgan fingerprint density at radius 2 is 2.03 bits per heavy atom. The minimum absolute atomic E-state index is 0.325. The summed E-state index contributed by atoms with van der Waals surface area (Å²) in [6, 6.07) is 0. The number of aliphatic hydroxyl groups excluding tert-OH is 2. The van der Waals surface area contributed by atoms with Gasteiger partial charge in [-0.25, -0.2) is 4.79 Å². The first-order chi connectivity index (χ1) is 14.2. The van der Waals surface area contributed by atoms with Gasteiger partial charge in [-0.2, -0.15) is 0 Å². The highest BCUT2D eigenvalue weighted by molar-refractivity contribution is 5.85. The molecule has 0 amide bonds. The second-order valence-corrected chi connectivity index (χ2v) is 9.51. The third-order valence-corrected chi connectivity index (χ3v) is 6.75. The van der Waals surface area contributed by atoms with Crippen LogP contribution in [0.1, 0.15) is 79.1 Å². The summed E-state index contributed by atoms with van der Waals surface area (Å²) in [5.74, 6) is -0.575. The van der Waals surface area contributed by atoms with E-state index in [-0.39, 0.29) is 0 Å². The van der Waals surface area contributed by atoms with Crippen molar-refractivity contribution in [1.82, 2.24) is 0 Å². The number of hydrogen-bond acceptors (Lipinski definition) is 5. The quantitative estimate of drug-likeness (QED) is 0.458. The third kappa shape index (κ3) is 5.51. The molecule has 1 aliphatic carbocycles. The molecule has 0 saturated heterocycles. The van der Waals surface area contributed by atoms with Crippen molar-refractivity contribution >= 4 is 5.97 Å². The molecule has 2 heterocycles. The fourth-order valence-corrected chi connectivity index (χ4v) is 4.91. The molecule has 30 heavy (non-hydrogen) atoms. The first kappa shape index (κ1) is 23.0. The van der Waals surface area contributed by atoms with Crippen LogP contribution in [0, 0.1) is 5.41 Å². The number of aliphatic hydroxyl groups is 2. The van der Waals surface area contributed by atoms with Crippen LogP contribution in [-0.4, -0.2) is 34.9 Å². The summed E-state index contributed by atoms with van der Waals surface area (Å²) in [6.07, 6.45) is 10.8. The molecule has 3 atom stereocenters. The van der Waals surface area contributed by atoms with Crippen LogP contribution in [0.3, 0.4) is 0 Å². The molecule has 0 saturated carbocycles. The number of ether oxygens (including phenoxy) is 2. The summed E-state index contributed by atoms with van der Waals surface area (Å²) in [5.41, 5.74) is 6.15. The number of cyclic esters (lactones) is 1. The van der Waals surface area contributed by atoms with Crippen LogP contribution < -0.4 is 0 Å². The summed E-state index contributed by atoms with van der Waals surface area (Å²) in [6.45, 7) is 9.23. The summed E-state index contributed by atoms with van der Waals surface area (Å²) < 4.78 is 10.3. The van der Waals surface area contributed by atoms with Crippen LogP contribution in [0.2, 0.25) is 0 Å². The molecule has 166 valence electrons. The third-order valence-electron chi connectivity index (χ3n) is 6.75. The lowest BCUT2D eigenvalue weighted by atomic mass is 9.71. The zero-order valence-corrected chi connectivity index (χ0v) is 18.7. The topological polar surface area (TPSA) is 76.0 Å².